The van der Waals surface area contributed by atoms with Crippen molar-refractivity contribution in [2.45, 2.75) is 31.2 Å². The Hall–Kier alpha value is -1.86. The second-order valence-electron chi connectivity index (χ2n) is 4.92. The van der Waals surface area contributed by atoms with Gasteiger partial charge in [0.25, 0.3) is 0 Å². The SMILES string of the molecule is N#CC1(Nc2cnc(-c3ccccc3)s2)CCCC1. The highest BCUT2D eigenvalue weighted by Gasteiger charge is 2.34. The number of benzene rings is 1. The van der Waals surface area contributed by atoms with Crippen molar-refractivity contribution in [3.63, 3.8) is 0 Å². The van der Waals surface area contributed by atoms with Gasteiger partial charge in [0.05, 0.1) is 12.3 Å². The molecule has 0 bridgehead atoms. The van der Waals surface area contributed by atoms with E-state index in [9.17, 15) is 5.26 Å². The number of aromatic nitrogens is 1. The Morgan fingerprint density at radius 3 is 2.63 bits per heavy atom. The average Bonchev–Trinajstić information content (AvgIpc) is 3.10. The van der Waals surface area contributed by atoms with E-state index in [4.69, 9.17) is 0 Å². The average molecular weight is 269 g/mol. The number of hydrogen-bond donors (Lipinski definition) is 1. The van der Waals surface area contributed by atoms with Gasteiger partial charge in [-0.25, -0.2) is 4.98 Å². The third-order valence-corrected chi connectivity index (χ3v) is 4.52. The van der Waals surface area contributed by atoms with Crippen LogP contribution in [0.1, 0.15) is 25.7 Å². The molecule has 1 aromatic heterocycles. The molecule has 4 heteroatoms. The number of nitrogens with zero attached hydrogens (tertiary/aromatic N) is 2. The van der Waals surface area contributed by atoms with Crippen molar-refractivity contribution in [3.8, 4) is 16.6 Å². The number of hydrogen-bond acceptors (Lipinski definition) is 4. The predicted molar refractivity (Wildman–Crippen MR) is 78.0 cm³/mol. The number of anilines is 1. The number of thiazole rings is 1. The van der Waals surface area contributed by atoms with Crippen molar-refractivity contribution < 1.29 is 0 Å². The molecule has 96 valence electrons. The van der Waals surface area contributed by atoms with Gasteiger partial charge in [0, 0.05) is 5.56 Å². The molecule has 3 rings (SSSR count). The van der Waals surface area contributed by atoms with Crippen LogP contribution in [0.5, 0.6) is 0 Å². The summed E-state index contributed by atoms with van der Waals surface area (Å²) >= 11 is 1.61. The van der Waals surface area contributed by atoms with Crippen LogP contribution in [0.25, 0.3) is 10.6 Å². The summed E-state index contributed by atoms with van der Waals surface area (Å²) in [5, 5.41) is 14.7. The second kappa shape index (κ2) is 5.02. The zero-order valence-electron chi connectivity index (χ0n) is 10.6. The second-order valence-corrected chi connectivity index (χ2v) is 5.95. The van der Waals surface area contributed by atoms with Gasteiger partial charge in [0.2, 0.25) is 0 Å². The van der Waals surface area contributed by atoms with E-state index in [0.717, 1.165) is 41.3 Å². The van der Waals surface area contributed by atoms with Crippen LogP contribution >= 0.6 is 11.3 Å². The monoisotopic (exact) mass is 269 g/mol. The summed E-state index contributed by atoms with van der Waals surface area (Å²) in [7, 11) is 0. The zero-order valence-corrected chi connectivity index (χ0v) is 11.4. The normalized spacial score (nSPS) is 17.0. The van der Waals surface area contributed by atoms with E-state index in [-0.39, 0.29) is 5.54 Å². The molecule has 0 spiro atoms. The van der Waals surface area contributed by atoms with E-state index in [0.29, 0.717) is 0 Å². The standard InChI is InChI=1S/C15H15N3S/c16-11-15(8-4-5-9-15)18-13-10-17-14(19-13)12-6-2-1-3-7-12/h1-3,6-7,10,18H,4-5,8-9H2. The lowest BCUT2D eigenvalue weighted by Crippen LogP contribution is -2.32. The van der Waals surface area contributed by atoms with E-state index in [1.165, 1.54) is 0 Å². The van der Waals surface area contributed by atoms with Gasteiger partial charge in [0.15, 0.2) is 0 Å². The van der Waals surface area contributed by atoms with E-state index < -0.39 is 0 Å². The van der Waals surface area contributed by atoms with Crippen molar-refractivity contribution in [1.82, 2.24) is 4.98 Å². The van der Waals surface area contributed by atoms with Gasteiger partial charge in [-0.2, -0.15) is 5.26 Å². The molecule has 3 nitrogen and oxygen atoms in total. The lowest BCUT2D eigenvalue weighted by atomic mass is 10.0. The maximum Gasteiger partial charge on any atom is 0.126 e. The lowest BCUT2D eigenvalue weighted by molar-refractivity contribution is 0.615. The molecule has 1 saturated carbocycles. The fraction of sp³-hybridized carbons (Fsp3) is 0.333. The van der Waals surface area contributed by atoms with Crippen molar-refractivity contribution in [1.29, 1.82) is 5.26 Å². The molecule has 19 heavy (non-hydrogen) atoms. The Morgan fingerprint density at radius 1 is 1.21 bits per heavy atom. The van der Waals surface area contributed by atoms with E-state index in [1.54, 1.807) is 11.3 Å². The van der Waals surface area contributed by atoms with Crippen LogP contribution in [-0.2, 0) is 0 Å². The fourth-order valence-electron chi connectivity index (χ4n) is 2.53. The highest BCUT2D eigenvalue weighted by molar-refractivity contribution is 7.18. The molecule has 1 N–H and O–H groups in total. The highest BCUT2D eigenvalue weighted by atomic mass is 32.1. The van der Waals surface area contributed by atoms with Gasteiger partial charge in [-0.05, 0) is 25.7 Å². The molecular formula is C15H15N3S. The fourth-order valence-corrected chi connectivity index (χ4v) is 3.44. The third kappa shape index (κ3) is 2.47. The Balaban J connectivity index is 1.81. The van der Waals surface area contributed by atoms with Crippen molar-refractivity contribution >= 4 is 16.3 Å². The summed E-state index contributed by atoms with van der Waals surface area (Å²) in [4.78, 5) is 4.44. The van der Waals surface area contributed by atoms with Crippen LogP contribution < -0.4 is 5.32 Å². The van der Waals surface area contributed by atoms with Gasteiger partial charge in [-0.3, -0.25) is 0 Å². The van der Waals surface area contributed by atoms with Crippen molar-refractivity contribution in [2.75, 3.05) is 5.32 Å². The van der Waals surface area contributed by atoms with Gasteiger partial charge in [0.1, 0.15) is 15.5 Å². The first-order chi connectivity index (χ1) is 9.31. The van der Waals surface area contributed by atoms with Crippen LogP contribution in [0.15, 0.2) is 36.5 Å². The Labute approximate surface area is 116 Å². The van der Waals surface area contributed by atoms with E-state index in [2.05, 4.69) is 28.5 Å². The van der Waals surface area contributed by atoms with Crippen LogP contribution in [0.3, 0.4) is 0 Å². The molecule has 1 aliphatic carbocycles. The molecule has 1 aromatic carbocycles. The smallest absolute Gasteiger partial charge is 0.126 e. The summed E-state index contributed by atoms with van der Waals surface area (Å²) in [5.41, 5.74) is 0.749. The first-order valence-corrected chi connectivity index (χ1v) is 7.34. The maximum atomic E-state index is 9.37. The number of nitrogens with one attached hydrogen (secondary N) is 1. The molecule has 1 heterocycles. The lowest BCUT2D eigenvalue weighted by Gasteiger charge is -2.21. The molecule has 0 unspecified atom stereocenters. The van der Waals surface area contributed by atoms with Gasteiger partial charge < -0.3 is 5.32 Å². The van der Waals surface area contributed by atoms with E-state index >= 15 is 0 Å². The highest BCUT2D eigenvalue weighted by Crippen LogP contribution is 2.36. The first-order valence-electron chi connectivity index (χ1n) is 6.52. The Bertz CT molecular complexity index is 591. The molecule has 1 aliphatic rings. The van der Waals surface area contributed by atoms with Crippen LogP contribution in [0, 0.1) is 11.3 Å². The Kier molecular flexibility index (Phi) is 3.22. The molecule has 0 aliphatic heterocycles. The minimum atomic E-state index is -0.375. The summed E-state index contributed by atoms with van der Waals surface area (Å²) in [5.74, 6) is 0. The Morgan fingerprint density at radius 2 is 1.95 bits per heavy atom. The predicted octanol–water partition coefficient (Wildman–Crippen LogP) is 4.06. The van der Waals surface area contributed by atoms with Gasteiger partial charge in [-0.15, -0.1) is 0 Å². The van der Waals surface area contributed by atoms with Gasteiger partial charge in [-0.1, -0.05) is 41.7 Å². The summed E-state index contributed by atoms with van der Waals surface area (Å²) < 4.78 is 0. The third-order valence-electron chi connectivity index (χ3n) is 3.56. The van der Waals surface area contributed by atoms with Gasteiger partial charge >= 0.3 is 0 Å². The molecule has 0 amide bonds. The summed E-state index contributed by atoms with van der Waals surface area (Å²) in [6.45, 7) is 0. The molecule has 1 fully saturated rings. The summed E-state index contributed by atoms with van der Waals surface area (Å²) in [6, 6.07) is 12.6. The van der Waals surface area contributed by atoms with Crippen molar-refractivity contribution in [2.24, 2.45) is 0 Å². The summed E-state index contributed by atoms with van der Waals surface area (Å²) in [6.07, 6.45) is 5.96. The molecule has 0 atom stereocenters. The zero-order chi connectivity index (χ0) is 13.1. The molecule has 0 saturated heterocycles. The molecule has 0 radical (unpaired) electrons. The minimum Gasteiger partial charge on any atom is -0.358 e. The quantitative estimate of drug-likeness (QED) is 0.914. The minimum absolute atomic E-state index is 0.375. The van der Waals surface area contributed by atoms with Crippen LogP contribution in [0.2, 0.25) is 0 Å². The van der Waals surface area contributed by atoms with Crippen molar-refractivity contribution in [3.05, 3.63) is 36.5 Å². The molecule has 2 aromatic rings. The first kappa shape index (κ1) is 12.2. The molecular weight excluding hydrogens is 254 g/mol. The van der Waals surface area contributed by atoms with Crippen LogP contribution in [0.4, 0.5) is 5.00 Å². The number of nitriles is 1. The van der Waals surface area contributed by atoms with Crippen LogP contribution in [-0.4, -0.2) is 10.5 Å². The topological polar surface area (TPSA) is 48.7 Å². The largest absolute Gasteiger partial charge is 0.358 e. The number of rotatable bonds is 3. The van der Waals surface area contributed by atoms with E-state index in [1.807, 2.05) is 24.4 Å². The maximum absolute atomic E-state index is 9.37.